The molecule has 0 spiro atoms. The number of nitrogens with one attached hydrogen (secondary N) is 1. The molecule has 120 valence electrons. The summed E-state index contributed by atoms with van der Waals surface area (Å²) in [5.41, 5.74) is -0.167. The Balaban J connectivity index is 0.000000295. The fourth-order valence-electron chi connectivity index (χ4n) is 1.29. The van der Waals surface area contributed by atoms with Crippen LogP contribution in [0.5, 0.6) is 0 Å². The molecular formula is C12H8F6N2O2. The third-order valence-corrected chi connectivity index (χ3v) is 2.25. The molecular weight excluding hydrogens is 318 g/mol. The molecule has 10 heteroatoms. The predicted octanol–water partition coefficient (Wildman–Crippen LogP) is 1.61. The summed E-state index contributed by atoms with van der Waals surface area (Å²) in [6.45, 7) is 0. The lowest BCUT2D eigenvalue weighted by Gasteiger charge is -2.06. The van der Waals surface area contributed by atoms with Crippen molar-refractivity contribution >= 4 is 5.97 Å². The van der Waals surface area contributed by atoms with Gasteiger partial charge in [-0.2, -0.15) is 26.3 Å². The van der Waals surface area contributed by atoms with Crippen LogP contribution in [0, 0.1) is 0 Å². The van der Waals surface area contributed by atoms with E-state index in [0.717, 1.165) is 12.1 Å². The number of imidazole rings is 1. The van der Waals surface area contributed by atoms with Crippen LogP contribution in [-0.4, -0.2) is 17.1 Å². The van der Waals surface area contributed by atoms with E-state index in [4.69, 9.17) is 9.90 Å². The number of carbonyl (C=O) groups is 1. The molecule has 0 aliphatic rings. The third-order valence-electron chi connectivity index (χ3n) is 2.25. The lowest BCUT2D eigenvalue weighted by molar-refractivity contribution is -0.594. The summed E-state index contributed by atoms with van der Waals surface area (Å²) < 4.78 is 70.3. The van der Waals surface area contributed by atoms with Crippen molar-refractivity contribution in [1.82, 2.24) is 4.98 Å². The van der Waals surface area contributed by atoms with Crippen molar-refractivity contribution in [1.29, 1.82) is 0 Å². The Kier molecular flexibility index (Phi) is 5.18. The van der Waals surface area contributed by atoms with Crippen molar-refractivity contribution in [2.75, 3.05) is 0 Å². The van der Waals surface area contributed by atoms with E-state index in [0.29, 0.717) is 5.69 Å². The topological polar surface area (TPSA) is 59.8 Å². The molecule has 0 aliphatic heterocycles. The summed E-state index contributed by atoms with van der Waals surface area (Å²) >= 11 is 0. The molecule has 0 amide bonds. The normalized spacial score (nSPS) is 11.5. The highest BCUT2D eigenvalue weighted by molar-refractivity contribution is 5.70. The fourth-order valence-corrected chi connectivity index (χ4v) is 1.29. The molecule has 0 aliphatic carbocycles. The van der Waals surface area contributed by atoms with E-state index in [1.807, 2.05) is 0 Å². The number of alkyl halides is 6. The second-order valence-electron chi connectivity index (χ2n) is 3.85. The highest BCUT2D eigenvalue weighted by atomic mass is 19.4. The number of halogens is 6. The average molecular weight is 326 g/mol. The molecule has 2 aromatic rings. The number of nitrogens with zero attached hydrogens (tertiary/aromatic N) is 1. The van der Waals surface area contributed by atoms with Gasteiger partial charge in [0.25, 0.3) is 0 Å². The van der Waals surface area contributed by atoms with Crippen LogP contribution in [0.2, 0.25) is 0 Å². The molecule has 0 fully saturated rings. The summed E-state index contributed by atoms with van der Waals surface area (Å²) in [5, 5.41) is 8.78. The van der Waals surface area contributed by atoms with E-state index >= 15 is 0 Å². The predicted molar refractivity (Wildman–Crippen MR) is 58.4 cm³/mol. The van der Waals surface area contributed by atoms with Gasteiger partial charge in [0, 0.05) is 0 Å². The van der Waals surface area contributed by atoms with Crippen LogP contribution in [0.1, 0.15) is 5.56 Å². The van der Waals surface area contributed by atoms with Crippen LogP contribution in [0.4, 0.5) is 26.3 Å². The van der Waals surface area contributed by atoms with Gasteiger partial charge in [0.05, 0.1) is 5.56 Å². The van der Waals surface area contributed by atoms with Crippen molar-refractivity contribution in [3.63, 3.8) is 0 Å². The highest BCUT2D eigenvalue weighted by Crippen LogP contribution is 2.29. The fraction of sp³-hybridized carbons (Fsp3) is 0.167. The number of aliphatic carboxylic acids is 1. The first kappa shape index (κ1) is 17.5. The number of carbonyl (C=O) groups excluding carboxylic acids is 1. The van der Waals surface area contributed by atoms with Crippen molar-refractivity contribution in [3.8, 4) is 5.69 Å². The van der Waals surface area contributed by atoms with Crippen LogP contribution >= 0.6 is 0 Å². The third kappa shape index (κ3) is 5.11. The Morgan fingerprint density at radius 1 is 1.14 bits per heavy atom. The number of carboxylic acid groups (broad SMARTS) is 1. The van der Waals surface area contributed by atoms with Crippen molar-refractivity contribution in [2.24, 2.45) is 0 Å². The second-order valence-corrected chi connectivity index (χ2v) is 3.85. The minimum atomic E-state index is -5.19. The maximum atomic E-state index is 12.4. The Labute approximate surface area is 119 Å². The van der Waals surface area contributed by atoms with Crippen molar-refractivity contribution in [3.05, 3.63) is 48.5 Å². The number of hydrogen-bond donors (Lipinski definition) is 1. The molecule has 0 saturated heterocycles. The van der Waals surface area contributed by atoms with Crippen LogP contribution < -0.4 is 9.67 Å². The second kappa shape index (κ2) is 6.50. The number of aromatic nitrogens is 2. The number of H-pyrrole nitrogens is 1. The zero-order valence-electron chi connectivity index (χ0n) is 10.6. The van der Waals surface area contributed by atoms with E-state index in [1.54, 1.807) is 29.4 Å². The summed E-state index contributed by atoms with van der Waals surface area (Å²) in [4.78, 5) is 11.6. The zero-order chi connectivity index (χ0) is 17.0. The van der Waals surface area contributed by atoms with Gasteiger partial charge in [-0.1, -0.05) is 6.07 Å². The van der Waals surface area contributed by atoms with Gasteiger partial charge in [0.15, 0.2) is 0 Å². The highest BCUT2D eigenvalue weighted by Gasteiger charge is 2.31. The Morgan fingerprint density at radius 3 is 2.14 bits per heavy atom. The van der Waals surface area contributed by atoms with Gasteiger partial charge in [-0.25, -0.2) is 9.55 Å². The summed E-state index contributed by atoms with van der Waals surface area (Å²) in [7, 11) is 0. The summed E-state index contributed by atoms with van der Waals surface area (Å²) in [6, 6.07) is 5.16. The Bertz CT molecular complexity index is 619. The number of benzene rings is 1. The van der Waals surface area contributed by atoms with Crippen molar-refractivity contribution < 1.29 is 40.8 Å². The number of rotatable bonds is 1. The Hall–Kier alpha value is -2.52. The maximum Gasteiger partial charge on any atom is 0.430 e. The number of aromatic amines is 1. The van der Waals surface area contributed by atoms with Crippen LogP contribution in [0.15, 0.2) is 43.0 Å². The molecule has 22 heavy (non-hydrogen) atoms. The van der Waals surface area contributed by atoms with Gasteiger partial charge < -0.3 is 9.90 Å². The molecule has 2 rings (SSSR count). The van der Waals surface area contributed by atoms with Crippen molar-refractivity contribution in [2.45, 2.75) is 12.4 Å². The van der Waals surface area contributed by atoms with E-state index < -0.39 is 23.9 Å². The molecule has 4 nitrogen and oxygen atoms in total. The average Bonchev–Trinajstić information content (AvgIpc) is 2.91. The van der Waals surface area contributed by atoms with E-state index in [-0.39, 0.29) is 0 Å². The molecule has 1 N–H and O–H groups in total. The minimum Gasteiger partial charge on any atom is -0.542 e. The molecule has 1 aromatic carbocycles. The van der Waals surface area contributed by atoms with Gasteiger partial charge in [-0.05, 0) is 18.2 Å². The molecule has 0 atom stereocenters. The first-order chi connectivity index (χ1) is 10.0. The molecule has 0 unspecified atom stereocenters. The SMILES string of the molecule is FC(F)(F)c1cccc(-[n+]2cc[nH]c2)c1.O=C([O-])C(F)(F)F. The van der Waals surface area contributed by atoms with Crippen LogP contribution in [0.25, 0.3) is 5.69 Å². The number of carboxylic acids is 1. The molecule has 0 saturated carbocycles. The van der Waals surface area contributed by atoms with E-state index in [1.165, 1.54) is 6.07 Å². The standard InChI is InChI=1S/C10H7F3N2.C2HF3O2/c11-10(12,13)8-2-1-3-9(6-8)15-5-4-14-7-15;3-2(4,5)1(6)7/h1-7H;(H,6,7). The van der Waals surface area contributed by atoms with Gasteiger partial charge in [-0.15, -0.1) is 0 Å². The molecule has 0 radical (unpaired) electrons. The van der Waals surface area contributed by atoms with Gasteiger partial charge >= 0.3 is 12.4 Å². The summed E-state index contributed by atoms with van der Waals surface area (Å²) in [5.74, 6) is -3.01. The minimum absolute atomic E-state index is 0.478. The van der Waals surface area contributed by atoms with E-state index in [9.17, 15) is 26.3 Å². The molecule has 1 heterocycles. The molecule has 0 bridgehead atoms. The quantitative estimate of drug-likeness (QED) is 0.639. The lowest BCUT2D eigenvalue weighted by atomic mass is 10.2. The first-order valence-corrected chi connectivity index (χ1v) is 5.51. The van der Waals surface area contributed by atoms with Crippen LogP contribution in [-0.2, 0) is 11.0 Å². The van der Waals surface area contributed by atoms with Gasteiger partial charge in [-0.3, -0.25) is 0 Å². The summed E-state index contributed by atoms with van der Waals surface area (Å²) in [6.07, 6.45) is -4.63. The van der Waals surface area contributed by atoms with E-state index in [2.05, 4.69) is 4.98 Å². The monoisotopic (exact) mass is 326 g/mol. The number of hydrogen-bond acceptors (Lipinski definition) is 2. The zero-order valence-corrected chi connectivity index (χ0v) is 10.6. The molecule has 1 aromatic heterocycles. The van der Waals surface area contributed by atoms with Crippen LogP contribution in [0.3, 0.4) is 0 Å². The largest absolute Gasteiger partial charge is 0.542 e. The van der Waals surface area contributed by atoms with Gasteiger partial charge in [0.2, 0.25) is 6.33 Å². The smallest absolute Gasteiger partial charge is 0.430 e. The lowest BCUT2D eigenvalue weighted by Crippen LogP contribution is -2.37. The van der Waals surface area contributed by atoms with Gasteiger partial charge in [0.1, 0.15) is 24.1 Å². The maximum absolute atomic E-state index is 12.4. The first-order valence-electron chi connectivity index (χ1n) is 5.51. The Morgan fingerprint density at radius 2 is 1.73 bits per heavy atom.